The fraction of sp³-hybridized carbons (Fsp3) is 0. The van der Waals surface area contributed by atoms with Gasteiger partial charge in [-0.15, -0.1) is 0 Å². The number of carbonyl (C=O) groups is 1. The van der Waals surface area contributed by atoms with Crippen molar-refractivity contribution in [1.29, 1.82) is 0 Å². The van der Waals surface area contributed by atoms with Crippen molar-refractivity contribution in [2.24, 2.45) is 0 Å². The molecule has 2 aromatic carbocycles. The topological polar surface area (TPSA) is 75.3 Å². The van der Waals surface area contributed by atoms with E-state index < -0.39 is 5.97 Å². The van der Waals surface area contributed by atoms with Gasteiger partial charge in [0.1, 0.15) is 0 Å². The first-order chi connectivity index (χ1) is 8.97. The van der Waals surface area contributed by atoms with Gasteiger partial charge in [0.05, 0.1) is 22.0 Å². The number of nitrogens with one attached hydrogen (secondary N) is 1. The van der Waals surface area contributed by atoms with Crippen LogP contribution >= 0.6 is 27.5 Å². The van der Waals surface area contributed by atoms with Crippen LogP contribution in [0, 0.1) is 0 Å². The zero-order valence-electron chi connectivity index (χ0n) is 9.65. The Morgan fingerprint density at radius 2 is 1.95 bits per heavy atom. The van der Waals surface area contributed by atoms with Crippen molar-refractivity contribution in [2.45, 2.75) is 0 Å². The molecule has 0 saturated heterocycles. The molecule has 4 nitrogen and oxygen atoms in total. The Hall–Kier alpha value is -1.72. The van der Waals surface area contributed by atoms with E-state index in [4.69, 9.17) is 22.4 Å². The highest BCUT2D eigenvalue weighted by molar-refractivity contribution is 9.10. The van der Waals surface area contributed by atoms with E-state index in [0.717, 1.165) is 4.47 Å². The predicted molar refractivity (Wildman–Crippen MR) is 80.2 cm³/mol. The Kier molecular flexibility index (Phi) is 3.97. The molecule has 0 atom stereocenters. The normalized spacial score (nSPS) is 10.2. The molecule has 98 valence electrons. The summed E-state index contributed by atoms with van der Waals surface area (Å²) in [5.74, 6) is -1.05. The molecule has 19 heavy (non-hydrogen) atoms. The van der Waals surface area contributed by atoms with Gasteiger partial charge in [-0.2, -0.15) is 0 Å². The maximum absolute atomic E-state index is 11.2. The molecule has 0 spiro atoms. The van der Waals surface area contributed by atoms with E-state index in [1.165, 1.54) is 6.07 Å². The monoisotopic (exact) mass is 340 g/mol. The number of nitrogen functional groups attached to an aromatic ring is 1. The molecule has 0 saturated carbocycles. The van der Waals surface area contributed by atoms with Crippen molar-refractivity contribution in [3.05, 3.63) is 51.5 Å². The van der Waals surface area contributed by atoms with Crippen LogP contribution in [-0.2, 0) is 0 Å². The lowest BCUT2D eigenvalue weighted by molar-refractivity contribution is 0.0698. The van der Waals surface area contributed by atoms with Crippen LogP contribution < -0.4 is 11.1 Å². The van der Waals surface area contributed by atoms with E-state index in [2.05, 4.69) is 21.2 Å². The number of rotatable bonds is 3. The summed E-state index contributed by atoms with van der Waals surface area (Å²) < 4.78 is 0.840. The molecule has 0 radical (unpaired) electrons. The van der Waals surface area contributed by atoms with Crippen LogP contribution in [0.5, 0.6) is 0 Å². The number of halogens is 2. The van der Waals surface area contributed by atoms with Crippen LogP contribution in [0.1, 0.15) is 10.4 Å². The molecular weight excluding hydrogens is 332 g/mol. The van der Waals surface area contributed by atoms with E-state index in [9.17, 15) is 4.79 Å². The first-order valence-corrected chi connectivity index (χ1v) is 6.49. The zero-order chi connectivity index (χ0) is 14.0. The zero-order valence-corrected chi connectivity index (χ0v) is 12.0. The largest absolute Gasteiger partial charge is 0.478 e. The molecular formula is C13H10BrClN2O2. The number of hydrogen-bond donors (Lipinski definition) is 3. The van der Waals surface area contributed by atoms with Gasteiger partial charge in [0, 0.05) is 10.2 Å². The number of nitrogens with two attached hydrogens (primary N) is 1. The van der Waals surface area contributed by atoms with E-state index in [1.807, 2.05) is 0 Å². The van der Waals surface area contributed by atoms with Crippen LogP contribution in [0.4, 0.5) is 17.1 Å². The number of anilines is 3. The highest BCUT2D eigenvalue weighted by Gasteiger charge is 2.12. The molecule has 6 heteroatoms. The molecule has 0 unspecified atom stereocenters. The summed E-state index contributed by atoms with van der Waals surface area (Å²) >= 11 is 9.39. The third kappa shape index (κ3) is 3.19. The second kappa shape index (κ2) is 5.50. The summed E-state index contributed by atoms with van der Waals surface area (Å²) in [6.07, 6.45) is 0. The van der Waals surface area contributed by atoms with Gasteiger partial charge in [0.15, 0.2) is 0 Å². The van der Waals surface area contributed by atoms with Gasteiger partial charge in [0.2, 0.25) is 0 Å². The fourth-order valence-electron chi connectivity index (χ4n) is 1.59. The fourth-order valence-corrected chi connectivity index (χ4v) is 2.11. The molecule has 0 aliphatic heterocycles. The molecule has 0 fully saturated rings. The minimum absolute atomic E-state index is 0.0936. The summed E-state index contributed by atoms with van der Waals surface area (Å²) in [5, 5.41) is 12.6. The summed E-state index contributed by atoms with van der Waals surface area (Å²) in [6, 6.07) is 9.91. The van der Waals surface area contributed by atoms with Crippen molar-refractivity contribution in [1.82, 2.24) is 0 Å². The van der Waals surface area contributed by atoms with Gasteiger partial charge >= 0.3 is 5.97 Å². The third-order valence-corrected chi connectivity index (χ3v) is 3.29. The SMILES string of the molecule is Nc1ccc(Nc2cc(Br)ccc2Cl)c(C(=O)O)c1. The van der Waals surface area contributed by atoms with E-state index in [1.54, 1.807) is 30.3 Å². The van der Waals surface area contributed by atoms with Crippen molar-refractivity contribution in [2.75, 3.05) is 11.1 Å². The average Bonchev–Trinajstić information content (AvgIpc) is 2.35. The number of hydrogen-bond acceptors (Lipinski definition) is 3. The predicted octanol–water partition coefficient (Wildman–Crippen LogP) is 4.13. The molecule has 0 aliphatic carbocycles. The molecule has 0 amide bonds. The molecule has 2 aromatic rings. The maximum atomic E-state index is 11.2. The Morgan fingerprint density at radius 1 is 1.21 bits per heavy atom. The van der Waals surface area contributed by atoms with Crippen LogP contribution in [0.2, 0.25) is 5.02 Å². The number of aromatic carboxylic acids is 1. The van der Waals surface area contributed by atoms with Gasteiger partial charge in [-0.3, -0.25) is 0 Å². The molecule has 0 bridgehead atoms. The number of benzene rings is 2. The first kappa shape index (κ1) is 13.7. The Labute approximate surface area is 123 Å². The molecule has 0 heterocycles. The van der Waals surface area contributed by atoms with Gasteiger partial charge in [-0.1, -0.05) is 27.5 Å². The minimum atomic E-state index is -1.05. The summed E-state index contributed by atoms with van der Waals surface area (Å²) in [6.45, 7) is 0. The van der Waals surface area contributed by atoms with Crippen molar-refractivity contribution < 1.29 is 9.90 Å². The summed E-state index contributed by atoms with van der Waals surface area (Å²) in [4.78, 5) is 11.2. The average molecular weight is 342 g/mol. The van der Waals surface area contributed by atoms with E-state index >= 15 is 0 Å². The quantitative estimate of drug-likeness (QED) is 0.734. The molecule has 4 N–H and O–H groups in total. The standard InChI is InChI=1S/C13H10BrClN2O2/c14-7-1-3-10(15)12(5-7)17-11-4-2-8(16)6-9(11)13(18)19/h1-6,17H,16H2,(H,18,19). The second-order valence-electron chi connectivity index (χ2n) is 3.86. The Morgan fingerprint density at radius 3 is 2.63 bits per heavy atom. The van der Waals surface area contributed by atoms with Gasteiger partial charge in [-0.25, -0.2) is 4.79 Å². The van der Waals surface area contributed by atoms with Crippen LogP contribution in [-0.4, -0.2) is 11.1 Å². The van der Waals surface area contributed by atoms with Gasteiger partial charge in [-0.05, 0) is 36.4 Å². The maximum Gasteiger partial charge on any atom is 0.337 e. The molecule has 0 aliphatic rings. The van der Waals surface area contributed by atoms with Crippen LogP contribution in [0.3, 0.4) is 0 Å². The minimum Gasteiger partial charge on any atom is -0.478 e. The van der Waals surface area contributed by atoms with Crippen LogP contribution in [0.15, 0.2) is 40.9 Å². The molecule has 0 aromatic heterocycles. The van der Waals surface area contributed by atoms with Crippen molar-refractivity contribution in [3.63, 3.8) is 0 Å². The van der Waals surface area contributed by atoms with Crippen molar-refractivity contribution in [3.8, 4) is 0 Å². The lowest BCUT2D eigenvalue weighted by Crippen LogP contribution is -2.04. The van der Waals surface area contributed by atoms with E-state index in [0.29, 0.717) is 22.1 Å². The summed E-state index contributed by atoms with van der Waals surface area (Å²) in [5.41, 5.74) is 7.12. The number of carboxylic acid groups (broad SMARTS) is 1. The third-order valence-electron chi connectivity index (χ3n) is 2.47. The first-order valence-electron chi connectivity index (χ1n) is 5.32. The van der Waals surface area contributed by atoms with Crippen LogP contribution in [0.25, 0.3) is 0 Å². The number of carboxylic acids is 1. The Bertz CT molecular complexity index is 647. The lowest BCUT2D eigenvalue weighted by Gasteiger charge is -2.12. The van der Waals surface area contributed by atoms with Crippen molar-refractivity contribution >= 4 is 50.6 Å². The summed E-state index contributed by atoms with van der Waals surface area (Å²) in [7, 11) is 0. The highest BCUT2D eigenvalue weighted by Crippen LogP contribution is 2.30. The van der Waals surface area contributed by atoms with Gasteiger partial charge in [0.25, 0.3) is 0 Å². The highest BCUT2D eigenvalue weighted by atomic mass is 79.9. The van der Waals surface area contributed by atoms with E-state index in [-0.39, 0.29) is 5.56 Å². The molecule has 2 rings (SSSR count). The smallest absolute Gasteiger partial charge is 0.337 e. The van der Waals surface area contributed by atoms with Gasteiger partial charge < -0.3 is 16.2 Å². The Balaban J connectivity index is 2.43. The lowest BCUT2D eigenvalue weighted by atomic mass is 10.1. The second-order valence-corrected chi connectivity index (χ2v) is 5.18.